The molecule has 0 radical (unpaired) electrons. The van der Waals surface area contributed by atoms with Crippen LogP contribution >= 0.6 is 7.82 Å². The minimum atomic E-state index is -4.64. The lowest BCUT2D eigenvalue weighted by Gasteiger charge is -2.38. The molecule has 0 fully saturated rings. The van der Waals surface area contributed by atoms with E-state index < -0.39 is 62.5 Å². The van der Waals surface area contributed by atoms with Crippen LogP contribution < -0.4 is 16.8 Å². The number of hydrogen-bond donors (Lipinski definition) is 10. The van der Waals surface area contributed by atoms with Crippen LogP contribution in [0.1, 0.15) is 6.92 Å². The molecule has 0 aromatic carbocycles. The number of aliphatic imine (C=N–C) groups is 1. The van der Waals surface area contributed by atoms with Crippen molar-refractivity contribution in [2.24, 2.45) is 16.5 Å². The van der Waals surface area contributed by atoms with Crippen molar-refractivity contribution >= 4 is 25.7 Å². The van der Waals surface area contributed by atoms with Crippen molar-refractivity contribution in [1.29, 1.82) is 0 Å². The number of aliphatic carboxylic acids is 1. The maximum absolute atomic E-state index is 11.4. The highest BCUT2D eigenvalue weighted by Crippen LogP contribution is 2.26. The number of nitrogens with one attached hydrogen (secondary N) is 1. The van der Waals surface area contributed by atoms with Crippen molar-refractivity contribution in [3.8, 4) is 0 Å². The largest absolute Gasteiger partial charge is 0.478 e. The number of phosphoric acid groups is 1. The van der Waals surface area contributed by atoms with Gasteiger partial charge >= 0.3 is 13.8 Å². The van der Waals surface area contributed by atoms with Crippen LogP contribution in [0.3, 0.4) is 0 Å². The number of aliphatic hydroxyl groups excluding tert-OH is 3. The quantitative estimate of drug-likeness (QED) is 0.108. The second-order valence-corrected chi connectivity index (χ2v) is 6.47. The van der Waals surface area contributed by atoms with Crippen molar-refractivity contribution in [2.45, 2.75) is 37.3 Å². The van der Waals surface area contributed by atoms with Gasteiger partial charge in [-0.25, -0.2) is 14.4 Å². The van der Waals surface area contributed by atoms with Gasteiger partial charge in [-0.05, 0) is 6.08 Å². The molecular formula is C12H23N4O11P. The molecule has 1 amide bonds. The molecule has 16 heteroatoms. The average molecular weight is 430 g/mol. The molecule has 0 aliphatic carbocycles. The van der Waals surface area contributed by atoms with Crippen LogP contribution in [0.25, 0.3) is 0 Å². The summed E-state index contributed by atoms with van der Waals surface area (Å²) < 4.78 is 14.0. The monoisotopic (exact) mass is 430 g/mol. The number of nitrogens with zero attached hydrogens (tertiary/aromatic N) is 1. The molecular weight excluding hydrogens is 407 g/mol. The number of aliphatic hydroxyl groups is 3. The number of amides is 1. The summed E-state index contributed by atoms with van der Waals surface area (Å²) >= 11 is 0. The van der Waals surface area contributed by atoms with E-state index in [0.717, 1.165) is 6.08 Å². The Morgan fingerprint density at radius 2 is 1.82 bits per heavy atom. The van der Waals surface area contributed by atoms with Crippen LogP contribution in [0, 0.1) is 0 Å². The van der Waals surface area contributed by atoms with E-state index >= 15 is 0 Å². The fourth-order valence-corrected chi connectivity index (χ4v) is 2.14. The van der Waals surface area contributed by atoms with Gasteiger partial charge in [-0.15, -0.1) is 0 Å². The van der Waals surface area contributed by atoms with E-state index in [4.69, 9.17) is 45.7 Å². The number of hydrogen-bond acceptors (Lipinski definition) is 8. The van der Waals surface area contributed by atoms with Crippen molar-refractivity contribution < 1.29 is 54.0 Å². The molecule has 0 aromatic heterocycles. The zero-order valence-corrected chi connectivity index (χ0v) is 15.4. The summed E-state index contributed by atoms with van der Waals surface area (Å²) in [6.07, 6.45) is -3.65. The predicted molar refractivity (Wildman–Crippen MR) is 91.2 cm³/mol. The third-order valence-electron chi connectivity index (χ3n) is 3.10. The fraction of sp³-hybridized carbons (Fsp3) is 0.583. The molecule has 0 bridgehead atoms. The summed E-state index contributed by atoms with van der Waals surface area (Å²) in [7, 11) is -4.64. The Balaban J connectivity index is 0.00000129. The van der Waals surface area contributed by atoms with E-state index in [1.165, 1.54) is 6.92 Å². The third kappa shape index (κ3) is 9.61. The third-order valence-corrected chi connectivity index (χ3v) is 3.10. The van der Waals surface area contributed by atoms with Gasteiger partial charge in [0.15, 0.2) is 5.96 Å². The van der Waals surface area contributed by atoms with Crippen molar-refractivity contribution in [3.63, 3.8) is 0 Å². The van der Waals surface area contributed by atoms with Gasteiger partial charge in [-0.2, -0.15) is 0 Å². The van der Waals surface area contributed by atoms with Crippen molar-refractivity contribution in [3.05, 3.63) is 11.8 Å². The number of carboxylic acids is 1. The smallest absolute Gasteiger partial charge is 0.466 e. The van der Waals surface area contributed by atoms with Gasteiger partial charge in [0.05, 0.1) is 18.7 Å². The maximum Gasteiger partial charge on any atom is 0.466 e. The SMILES string of the molecule is CC(=O)N[C@H]1[C@H]([C@H](O)[C@H](O)CO)OC(C(=O)O)=C[C@@H]1N=C(N)N.O=P(O)(O)O. The Hall–Kier alpha value is -2.26. The summed E-state index contributed by atoms with van der Waals surface area (Å²) in [5, 5.41) is 40.1. The van der Waals surface area contributed by atoms with Gasteiger partial charge in [0.2, 0.25) is 11.7 Å². The molecule has 0 aromatic rings. The number of carbonyl (C=O) groups excluding carboxylic acids is 1. The van der Waals surface area contributed by atoms with Crippen LogP contribution in [0.15, 0.2) is 16.8 Å². The Morgan fingerprint density at radius 3 is 2.18 bits per heavy atom. The normalized spacial score (nSPS) is 23.7. The van der Waals surface area contributed by atoms with Crippen LogP contribution in [-0.2, 0) is 18.9 Å². The maximum atomic E-state index is 11.4. The first-order valence-corrected chi connectivity index (χ1v) is 8.96. The molecule has 15 nitrogen and oxygen atoms in total. The summed E-state index contributed by atoms with van der Waals surface area (Å²) in [5.41, 5.74) is 10.6. The number of carboxylic acid groups (broad SMARTS) is 1. The number of ether oxygens (including phenoxy) is 1. The van der Waals surface area contributed by atoms with Gasteiger partial charge in [-0.1, -0.05) is 0 Å². The lowest BCUT2D eigenvalue weighted by molar-refractivity contribution is -0.145. The molecule has 5 atom stereocenters. The van der Waals surface area contributed by atoms with Crippen LogP contribution in [0.4, 0.5) is 0 Å². The van der Waals surface area contributed by atoms with E-state index in [-0.39, 0.29) is 5.96 Å². The number of nitrogens with two attached hydrogens (primary N) is 2. The zero-order valence-electron chi connectivity index (χ0n) is 14.5. The fourth-order valence-electron chi connectivity index (χ4n) is 2.14. The molecule has 1 aliphatic rings. The minimum Gasteiger partial charge on any atom is -0.478 e. The van der Waals surface area contributed by atoms with Crippen LogP contribution in [0.5, 0.6) is 0 Å². The standard InChI is InChI=1S/C12H20N4O7.H3O4P/c1-4(18)15-8-5(16-12(13)14)2-7(11(21)22)23-10(8)9(20)6(19)3-17;1-5(2,3)4/h2,5-6,8-10,17,19-20H,3H2,1H3,(H,15,18)(H,21,22)(H4,13,14,16);(H3,1,2,3,4)/t5-,6+,8+,9+,10+;/m0./s1. The molecule has 0 saturated carbocycles. The Labute approximate surface area is 158 Å². The topological polar surface area (TPSA) is 278 Å². The van der Waals surface area contributed by atoms with Gasteiger partial charge < -0.3 is 56.6 Å². The highest BCUT2D eigenvalue weighted by Gasteiger charge is 2.43. The number of carbonyl (C=O) groups is 2. The molecule has 0 unspecified atom stereocenters. The van der Waals surface area contributed by atoms with Crippen molar-refractivity contribution in [1.82, 2.24) is 5.32 Å². The van der Waals surface area contributed by atoms with Gasteiger partial charge in [-0.3, -0.25) is 4.79 Å². The first-order chi connectivity index (χ1) is 12.7. The first-order valence-electron chi connectivity index (χ1n) is 7.40. The van der Waals surface area contributed by atoms with E-state index in [1.807, 2.05) is 0 Å². The molecule has 1 rings (SSSR count). The number of guanidine groups is 1. The summed E-state index contributed by atoms with van der Waals surface area (Å²) in [5.74, 6) is -2.89. The zero-order chi connectivity index (χ0) is 22.2. The lowest BCUT2D eigenvalue weighted by Crippen LogP contribution is -2.59. The lowest BCUT2D eigenvalue weighted by atomic mass is 9.92. The molecule has 0 spiro atoms. The Kier molecular flexibility index (Phi) is 10.0. The first kappa shape index (κ1) is 25.7. The minimum absolute atomic E-state index is 0.371. The molecule has 12 N–H and O–H groups in total. The van der Waals surface area contributed by atoms with Gasteiger partial charge in [0.25, 0.3) is 0 Å². The van der Waals surface area contributed by atoms with E-state index in [1.54, 1.807) is 0 Å². The summed E-state index contributed by atoms with van der Waals surface area (Å²) in [6, 6.07) is -2.11. The van der Waals surface area contributed by atoms with E-state index in [2.05, 4.69) is 10.3 Å². The molecule has 162 valence electrons. The van der Waals surface area contributed by atoms with Crippen molar-refractivity contribution in [2.75, 3.05) is 6.61 Å². The van der Waals surface area contributed by atoms with E-state index in [9.17, 15) is 19.8 Å². The highest BCUT2D eigenvalue weighted by molar-refractivity contribution is 7.45. The second-order valence-electron chi connectivity index (χ2n) is 5.44. The average Bonchev–Trinajstić information content (AvgIpc) is 2.52. The highest BCUT2D eigenvalue weighted by atomic mass is 31.2. The van der Waals surface area contributed by atoms with Crippen LogP contribution in [0.2, 0.25) is 0 Å². The van der Waals surface area contributed by atoms with Gasteiger partial charge in [0.1, 0.15) is 18.3 Å². The summed E-state index contributed by atoms with van der Waals surface area (Å²) in [6.45, 7) is 0.391. The summed E-state index contributed by atoms with van der Waals surface area (Å²) in [4.78, 5) is 47.9. The molecule has 1 heterocycles. The molecule has 28 heavy (non-hydrogen) atoms. The van der Waals surface area contributed by atoms with Gasteiger partial charge in [0, 0.05) is 6.92 Å². The van der Waals surface area contributed by atoms with Crippen LogP contribution in [-0.4, -0.2) is 89.9 Å². The number of rotatable bonds is 6. The Bertz CT molecular complexity index is 652. The molecule has 0 saturated heterocycles. The Morgan fingerprint density at radius 1 is 1.32 bits per heavy atom. The van der Waals surface area contributed by atoms with E-state index in [0.29, 0.717) is 0 Å². The second kappa shape index (κ2) is 10.9. The molecule has 1 aliphatic heterocycles. The predicted octanol–water partition coefficient (Wildman–Crippen LogP) is -4.71.